The largest absolute Gasteiger partial charge is 0.467 e. The number of methoxy groups -OCH3 is 1. The van der Waals surface area contributed by atoms with Gasteiger partial charge in [-0.05, 0) is 18.4 Å². The van der Waals surface area contributed by atoms with Crippen LogP contribution in [0, 0.1) is 12.8 Å². The van der Waals surface area contributed by atoms with Gasteiger partial charge in [0.1, 0.15) is 6.04 Å². The van der Waals surface area contributed by atoms with Crippen molar-refractivity contribution in [3.8, 4) is 0 Å². The molecule has 0 fully saturated rings. The lowest BCUT2D eigenvalue weighted by Crippen LogP contribution is -2.25. The molecule has 1 aromatic carbocycles. The summed E-state index contributed by atoms with van der Waals surface area (Å²) in [5.74, 6) is -0.160. The number of benzene rings is 1. The van der Waals surface area contributed by atoms with Crippen LogP contribution in [0.1, 0.15) is 25.0 Å². The zero-order valence-electron chi connectivity index (χ0n) is 10.8. The first-order valence-corrected chi connectivity index (χ1v) is 5.72. The van der Waals surface area contributed by atoms with Gasteiger partial charge in [0.05, 0.1) is 7.11 Å². The molecule has 0 heterocycles. The summed E-state index contributed by atoms with van der Waals surface area (Å²) in [6.45, 7) is 5.93. The van der Waals surface area contributed by atoms with Gasteiger partial charge in [-0.15, -0.1) is 0 Å². The zero-order chi connectivity index (χ0) is 12.8. The minimum atomic E-state index is -0.430. The van der Waals surface area contributed by atoms with Gasteiger partial charge in [0.2, 0.25) is 0 Å². The highest BCUT2D eigenvalue weighted by Crippen LogP contribution is 2.09. The average molecular weight is 233 g/mol. The molecule has 0 N–H and O–H groups in total. The molecular formula is C14H19NO2. The van der Waals surface area contributed by atoms with Crippen molar-refractivity contribution < 1.29 is 9.53 Å². The highest BCUT2D eigenvalue weighted by molar-refractivity contribution is 5.84. The molecule has 1 rings (SSSR count). The predicted molar refractivity (Wildman–Crippen MR) is 69.4 cm³/mol. The number of ether oxygens (including phenoxy) is 1. The molecule has 0 aromatic heterocycles. The fourth-order valence-electron chi connectivity index (χ4n) is 1.54. The van der Waals surface area contributed by atoms with Crippen LogP contribution in [0.4, 0.5) is 0 Å². The summed E-state index contributed by atoms with van der Waals surface area (Å²) in [5, 5.41) is 0. The van der Waals surface area contributed by atoms with E-state index < -0.39 is 6.04 Å². The Bertz CT molecular complexity index is 410. The van der Waals surface area contributed by atoms with Crippen molar-refractivity contribution in [3.63, 3.8) is 0 Å². The van der Waals surface area contributed by atoms with Crippen LogP contribution in [-0.2, 0) is 9.53 Å². The molecule has 0 aliphatic rings. The SMILES string of the molecule is COC(=O)C(N=Cc1cccc(C)c1)C(C)C. The Labute approximate surface area is 103 Å². The minimum absolute atomic E-state index is 0.128. The summed E-state index contributed by atoms with van der Waals surface area (Å²) in [5.41, 5.74) is 2.17. The Morgan fingerprint density at radius 1 is 1.41 bits per heavy atom. The maximum atomic E-state index is 11.5. The van der Waals surface area contributed by atoms with E-state index in [1.807, 2.05) is 45.0 Å². The van der Waals surface area contributed by atoms with Crippen LogP contribution in [0.3, 0.4) is 0 Å². The first kappa shape index (κ1) is 13.4. The van der Waals surface area contributed by atoms with Crippen LogP contribution in [-0.4, -0.2) is 25.3 Å². The lowest BCUT2D eigenvalue weighted by Gasteiger charge is -2.13. The molecule has 92 valence electrons. The van der Waals surface area contributed by atoms with Gasteiger partial charge in [0, 0.05) is 6.21 Å². The fourth-order valence-corrected chi connectivity index (χ4v) is 1.54. The predicted octanol–water partition coefficient (Wildman–Crippen LogP) is 2.61. The number of aryl methyl sites for hydroxylation is 1. The molecule has 0 amide bonds. The van der Waals surface area contributed by atoms with Gasteiger partial charge in [0.15, 0.2) is 0 Å². The van der Waals surface area contributed by atoms with E-state index in [9.17, 15) is 4.79 Å². The number of aliphatic imine (C=N–C) groups is 1. The molecule has 0 spiro atoms. The van der Waals surface area contributed by atoms with Gasteiger partial charge in [-0.3, -0.25) is 4.99 Å². The average Bonchev–Trinajstić information content (AvgIpc) is 2.28. The van der Waals surface area contributed by atoms with Gasteiger partial charge in [0.25, 0.3) is 0 Å². The third-order valence-corrected chi connectivity index (χ3v) is 2.50. The monoisotopic (exact) mass is 233 g/mol. The number of carbonyl (C=O) groups is 1. The van der Waals surface area contributed by atoms with Gasteiger partial charge in [-0.2, -0.15) is 0 Å². The molecule has 3 heteroatoms. The molecule has 1 unspecified atom stereocenters. The van der Waals surface area contributed by atoms with Crippen molar-refractivity contribution in [1.82, 2.24) is 0 Å². The van der Waals surface area contributed by atoms with Crippen LogP contribution < -0.4 is 0 Å². The first-order valence-electron chi connectivity index (χ1n) is 5.72. The second-order valence-electron chi connectivity index (χ2n) is 4.40. The maximum Gasteiger partial charge on any atom is 0.330 e. The van der Waals surface area contributed by atoms with Crippen LogP contribution in [0.15, 0.2) is 29.3 Å². The van der Waals surface area contributed by atoms with E-state index in [1.54, 1.807) is 6.21 Å². The molecule has 0 saturated carbocycles. The van der Waals surface area contributed by atoms with Crippen molar-refractivity contribution in [2.45, 2.75) is 26.8 Å². The van der Waals surface area contributed by atoms with Gasteiger partial charge >= 0.3 is 5.97 Å². The van der Waals surface area contributed by atoms with E-state index in [4.69, 9.17) is 4.74 Å². The smallest absolute Gasteiger partial charge is 0.330 e. The lowest BCUT2D eigenvalue weighted by atomic mass is 10.1. The van der Waals surface area contributed by atoms with Gasteiger partial charge < -0.3 is 4.74 Å². The summed E-state index contributed by atoms with van der Waals surface area (Å²) in [6, 6.07) is 7.56. The second kappa shape index (κ2) is 6.18. The number of hydrogen-bond acceptors (Lipinski definition) is 3. The van der Waals surface area contributed by atoms with E-state index >= 15 is 0 Å². The fraction of sp³-hybridized carbons (Fsp3) is 0.429. The summed E-state index contributed by atoms with van der Waals surface area (Å²) in [6.07, 6.45) is 1.73. The second-order valence-corrected chi connectivity index (χ2v) is 4.40. The summed E-state index contributed by atoms with van der Waals surface area (Å²) >= 11 is 0. The number of carbonyl (C=O) groups excluding carboxylic acids is 1. The van der Waals surface area contributed by atoms with E-state index in [0.717, 1.165) is 5.56 Å². The molecule has 0 bridgehead atoms. The zero-order valence-corrected chi connectivity index (χ0v) is 10.8. The molecule has 0 radical (unpaired) electrons. The summed E-state index contributed by atoms with van der Waals surface area (Å²) in [7, 11) is 1.39. The number of hydrogen-bond donors (Lipinski definition) is 0. The normalized spacial score (nSPS) is 13.0. The molecule has 0 aliphatic heterocycles. The Hall–Kier alpha value is -1.64. The lowest BCUT2D eigenvalue weighted by molar-refractivity contribution is -0.143. The summed E-state index contributed by atoms with van der Waals surface area (Å²) < 4.78 is 4.73. The van der Waals surface area contributed by atoms with Crippen molar-refractivity contribution in [2.75, 3.05) is 7.11 Å². The van der Waals surface area contributed by atoms with Crippen molar-refractivity contribution in [3.05, 3.63) is 35.4 Å². The minimum Gasteiger partial charge on any atom is -0.467 e. The van der Waals surface area contributed by atoms with E-state index in [2.05, 4.69) is 4.99 Å². The highest BCUT2D eigenvalue weighted by atomic mass is 16.5. The maximum absolute atomic E-state index is 11.5. The molecule has 0 saturated heterocycles. The Balaban J connectivity index is 2.83. The molecule has 3 nitrogen and oxygen atoms in total. The molecule has 0 aliphatic carbocycles. The van der Waals surface area contributed by atoms with Crippen molar-refractivity contribution in [1.29, 1.82) is 0 Å². The van der Waals surface area contributed by atoms with Crippen LogP contribution >= 0.6 is 0 Å². The van der Waals surface area contributed by atoms with Crippen molar-refractivity contribution in [2.24, 2.45) is 10.9 Å². The third-order valence-electron chi connectivity index (χ3n) is 2.50. The van der Waals surface area contributed by atoms with E-state index in [1.165, 1.54) is 12.7 Å². The standard InChI is InChI=1S/C14H19NO2/c1-10(2)13(14(16)17-4)15-9-12-7-5-6-11(3)8-12/h5-10,13H,1-4H3. The summed E-state index contributed by atoms with van der Waals surface area (Å²) in [4.78, 5) is 15.8. The number of rotatable bonds is 4. The Morgan fingerprint density at radius 2 is 2.12 bits per heavy atom. The molecule has 1 atom stereocenters. The first-order chi connectivity index (χ1) is 8.04. The highest BCUT2D eigenvalue weighted by Gasteiger charge is 2.20. The van der Waals surface area contributed by atoms with E-state index in [-0.39, 0.29) is 11.9 Å². The number of esters is 1. The quantitative estimate of drug-likeness (QED) is 0.592. The van der Waals surface area contributed by atoms with Gasteiger partial charge in [-0.25, -0.2) is 4.79 Å². The van der Waals surface area contributed by atoms with Crippen LogP contribution in [0.25, 0.3) is 0 Å². The molecular weight excluding hydrogens is 214 g/mol. The Kier molecular flexibility index (Phi) is 4.88. The molecule has 1 aromatic rings. The third kappa shape index (κ3) is 4.02. The molecule has 17 heavy (non-hydrogen) atoms. The van der Waals surface area contributed by atoms with Gasteiger partial charge in [-0.1, -0.05) is 43.7 Å². The van der Waals surface area contributed by atoms with Crippen LogP contribution in [0.2, 0.25) is 0 Å². The van der Waals surface area contributed by atoms with Crippen LogP contribution in [0.5, 0.6) is 0 Å². The van der Waals surface area contributed by atoms with E-state index in [0.29, 0.717) is 0 Å². The number of nitrogens with zero attached hydrogens (tertiary/aromatic N) is 1. The Morgan fingerprint density at radius 3 is 2.65 bits per heavy atom. The van der Waals surface area contributed by atoms with Crippen molar-refractivity contribution >= 4 is 12.2 Å². The topological polar surface area (TPSA) is 38.7 Å².